The second-order valence-electron chi connectivity index (χ2n) is 6.89. The van der Waals surface area contributed by atoms with Crippen LogP contribution in [0.5, 0.6) is 5.75 Å². The highest BCUT2D eigenvalue weighted by Gasteiger charge is 2.23. The van der Waals surface area contributed by atoms with E-state index in [9.17, 15) is 9.50 Å². The molecule has 25 heavy (non-hydrogen) atoms. The minimum atomic E-state index is -0.220. The van der Waals surface area contributed by atoms with Gasteiger partial charge in [0.15, 0.2) is 0 Å². The number of rotatable bonds is 4. The van der Waals surface area contributed by atoms with E-state index in [-0.39, 0.29) is 5.82 Å². The summed E-state index contributed by atoms with van der Waals surface area (Å²) in [4.78, 5) is 2.19. The van der Waals surface area contributed by atoms with Gasteiger partial charge in [0.2, 0.25) is 0 Å². The van der Waals surface area contributed by atoms with E-state index in [2.05, 4.69) is 31.1 Å². The number of benzene rings is 2. The molecule has 3 rings (SSSR count). The molecule has 0 bridgehead atoms. The summed E-state index contributed by atoms with van der Waals surface area (Å²) < 4.78 is 13.1. The average molecular weight is 337 g/mol. The van der Waals surface area contributed by atoms with Crippen LogP contribution in [0.15, 0.2) is 60.2 Å². The van der Waals surface area contributed by atoms with Crippen LogP contribution < -0.4 is 0 Å². The molecule has 2 nitrogen and oxygen atoms in total. The Morgan fingerprint density at radius 3 is 2.52 bits per heavy atom. The molecule has 130 valence electrons. The van der Waals surface area contributed by atoms with E-state index in [4.69, 9.17) is 0 Å². The molecular weight excluding hydrogens is 313 g/mol. The minimum Gasteiger partial charge on any atom is -0.507 e. The lowest BCUT2D eigenvalue weighted by Crippen LogP contribution is -2.24. The van der Waals surface area contributed by atoms with Crippen molar-refractivity contribution in [3.63, 3.8) is 0 Å². The van der Waals surface area contributed by atoms with Crippen LogP contribution in [-0.4, -0.2) is 30.6 Å². The average Bonchev–Trinajstić information content (AvgIpc) is 2.58. The number of halogens is 1. The molecule has 0 aliphatic heterocycles. The first-order valence-corrected chi connectivity index (χ1v) is 8.64. The molecule has 0 amide bonds. The van der Waals surface area contributed by atoms with Crippen molar-refractivity contribution < 1.29 is 9.50 Å². The zero-order valence-electron chi connectivity index (χ0n) is 14.7. The molecule has 0 saturated carbocycles. The van der Waals surface area contributed by atoms with Gasteiger partial charge in [-0.3, -0.25) is 0 Å². The first kappa shape index (κ1) is 17.4. The monoisotopic (exact) mass is 337 g/mol. The van der Waals surface area contributed by atoms with Crippen LogP contribution in [0.1, 0.15) is 24.0 Å². The molecule has 2 aromatic rings. The highest BCUT2D eigenvalue weighted by Crippen LogP contribution is 2.39. The predicted octanol–water partition coefficient (Wildman–Crippen LogP) is 4.97. The Kier molecular flexibility index (Phi) is 5.34. The van der Waals surface area contributed by atoms with Crippen LogP contribution in [0.3, 0.4) is 0 Å². The van der Waals surface area contributed by atoms with Crippen LogP contribution in [0.2, 0.25) is 0 Å². The number of nitrogens with zero attached hydrogens (tertiary/aromatic N) is 1. The van der Waals surface area contributed by atoms with E-state index < -0.39 is 0 Å². The molecule has 2 aromatic carbocycles. The maximum absolute atomic E-state index is 13.1. The molecule has 3 heteroatoms. The normalized spacial score (nSPS) is 19.3. The van der Waals surface area contributed by atoms with Crippen molar-refractivity contribution in [1.29, 1.82) is 0 Å². The Morgan fingerprint density at radius 2 is 1.84 bits per heavy atom. The van der Waals surface area contributed by atoms with Crippen molar-refractivity contribution >= 4 is 11.6 Å². The second-order valence-corrected chi connectivity index (χ2v) is 6.89. The molecule has 1 unspecified atom stereocenters. The van der Waals surface area contributed by atoms with Crippen molar-refractivity contribution in [3.8, 4) is 5.75 Å². The third kappa shape index (κ3) is 4.37. The smallest absolute Gasteiger partial charge is 0.123 e. The Morgan fingerprint density at radius 1 is 1.12 bits per heavy atom. The van der Waals surface area contributed by atoms with Crippen LogP contribution in [0.25, 0.3) is 11.6 Å². The zero-order chi connectivity index (χ0) is 17.8. The molecule has 0 heterocycles. The maximum atomic E-state index is 13.1. The summed E-state index contributed by atoms with van der Waals surface area (Å²) in [6.07, 6.45) is 6.31. The summed E-state index contributed by atoms with van der Waals surface area (Å²) in [5.74, 6) is 0.483. The summed E-state index contributed by atoms with van der Waals surface area (Å²) in [5, 5.41) is 10.3. The quantitative estimate of drug-likeness (QED) is 0.851. The third-order valence-corrected chi connectivity index (χ3v) is 4.58. The molecule has 0 fully saturated rings. The second kappa shape index (κ2) is 7.66. The van der Waals surface area contributed by atoms with Gasteiger partial charge in [0, 0.05) is 12.1 Å². The molecule has 1 atom stereocenters. The Labute approximate surface area is 148 Å². The topological polar surface area (TPSA) is 23.5 Å². The summed E-state index contributed by atoms with van der Waals surface area (Å²) in [7, 11) is 4.15. The van der Waals surface area contributed by atoms with Gasteiger partial charge < -0.3 is 10.0 Å². The van der Waals surface area contributed by atoms with Gasteiger partial charge in [-0.2, -0.15) is 0 Å². The number of para-hydroxylation sites is 1. The fourth-order valence-corrected chi connectivity index (χ4v) is 3.42. The van der Waals surface area contributed by atoms with Crippen LogP contribution in [0, 0.1) is 11.7 Å². The van der Waals surface area contributed by atoms with Crippen LogP contribution in [-0.2, 0) is 0 Å². The van der Waals surface area contributed by atoms with Gasteiger partial charge in [0.25, 0.3) is 0 Å². The Bertz CT molecular complexity index is 790. The molecule has 0 saturated heterocycles. The van der Waals surface area contributed by atoms with E-state index in [1.807, 2.05) is 18.2 Å². The Hall–Kier alpha value is -2.39. The lowest BCUT2D eigenvalue weighted by atomic mass is 9.80. The van der Waals surface area contributed by atoms with Crippen molar-refractivity contribution in [2.45, 2.75) is 12.8 Å². The van der Waals surface area contributed by atoms with Gasteiger partial charge >= 0.3 is 0 Å². The molecule has 1 aliphatic rings. The minimum absolute atomic E-state index is 0.220. The van der Waals surface area contributed by atoms with E-state index >= 15 is 0 Å². The molecule has 0 spiro atoms. The van der Waals surface area contributed by atoms with Gasteiger partial charge in [0.05, 0.1) is 0 Å². The fourth-order valence-electron chi connectivity index (χ4n) is 3.42. The van der Waals surface area contributed by atoms with Crippen molar-refractivity contribution in [1.82, 2.24) is 4.90 Å². The van der Waals surface area contributed by atoms with Crippen molar-refractivity contribution in [2.75, 3.05) is 20.6 Å². The molecule has 1 N–H and O–H groups in total. The number of aromatic hydroxyl groups is 1. The number of allylic oxidation sites excluding steroid dienone is 2. The van der Waals surface area contributed by atoms with Crippen LogP contribution >= 0.6 is 0 Å². The fraction of sp³-hybridized carbons (Fsp3) is 0.273. The van der Waals surface area contributed by atoms with E-state index in [1.165, 1.54) is 23.3 Å². The molecule has 0 aromatic heterocycles. The van der Waals surface area contributed by atoms with Crippen LogP contribution in [0.4, 0.5) is 4.39 Å². The summed E-state index contributed by atoms with van der Waals surface area (Å²) >= 11 is 0. The number of hydrogen-bond donors (Lipinski definition) is 1. The zero-order valence-corrected chi connectivity index (χ0v) is 14.7. The van der Waals surface area contributed by atoms with E-state index in [0.717, 1.165) is 30.5 Å². The molecular formula is C22H24FNO. The number of phenolic OH excluding ortho intramolecular Hbond substituents is 1. The highest BCUT2D eigenvalue weighted by atomic mass is 19.1. The first-order valence-electron chi connectivity index (χ1n) is 8.64. The SMILES string of the molecule is CN(C)CC1CCC(=Cc2ccc(F)cc2)C=C1c1ccccc1O. The molecule has 1 aliphatic carbocycles. The first-order chi connectivity index (χ1) is 12.0. The largest absolute Gasteiger partial charge is 0.507 e. The summed E-state index contributed by atoms with van der Waals surface area (Å²) in [6.45, 7) is 0.948. The summed E-state index contributed by atoms with van der Waals surface area (Å²) in [6, 6.07) is 14.1. The highest BCUT2D eigenvalue weighted by molar-refractivity contribution is 5.77. The van der Waals surface area contributed by atoms with Gasteiger partial charge in [-0.05, 0) is 67.8 Å². The number of phenols is 1. The van der Waals surface area contributed by atoms with E-state index in [0.29, 0.717) is 11.7 Å². The van der Waals surface area contributed by atoms with Gasteiger partial charge in [-0.1, -0.05) is 42.5 Å². The van der Waals surface area contributed by atoms with Gasteiger partial charge in [0.1, 0.15) is 11.6 Å². The lowest BCUT2D eigenvalue weighted by molar-refractivity contribution is 0.351. The maximum Gasteiger partial charge on any atom is 0.123 e. The van der Waals surface area contributed by atoms with Crippen molar-refractivity contribution in [3.05, 3.63) is 77.1 Å². The van der Waals surface area contributed by atoms with Gasteiger partial charge in [-0.25, -0.2) is 4.39 Å². The lowest BCUT2D eigenvalue weighted by Gasteiger charge is -2.29. The summed E-state index contributed by atoms with van der Waals surface area (Å²) in [5.41, 5.74) is 4.28. The van der Waals surface area contributed by atoms with Crippen molar-refractivity contribution in [2.24, 2.45) is 5.92 Å². The number of hydrogen-bond acceptors (Lipinski definition) is 2. The standard InChI is InChI=1S/C22H24FNO/c1-24(2)15-18-10-7-17(13-16-8-11-19(23)12-9-16)14-21(18)20-5-3-4-6-22(20)25/h3-6,8-9,11-14,18,25H,7,10,15H2,1-2H3. The predicted molar refractivity (Wildman–Crippen MR) is 102 cm³/mol. The van der Waals surface area contributed by atoms with E-state index in [1.54, 1.807) is 18.2 Å². The van der Waals surface area contributed by atoms with Gasteiger partial charge in [-0.15, -0.1) is 0 Å². The Balaban J connectivity index is 1.98. The molecule has 0 radical (unpaired) electrons. The third-order valence-electron chi connectivity index (χ3n) is 4.58.